The summed E-state index contributed by atoms with van der Waals surface area (Å²) in [7, 11) is 0. The Kier molecular flexibility index (Phi) is 7.94. The van der Waals surface area contributed by atoms with Gasteiger partial charge in [-0.3, -0.25) is 14.4 Å². The van der Waals surface area contributed by atoms with Gasteiger partial charge in [0.05, 0.1) is 24.3 Å². The summed E-state index contributed by atoms with van der Waals surface area (Å²) < 4.78 is 10.2. The average molecular weight is 434 g/mol. The van der Waals surface area contributed by atoms with Crippen LogP contribution in [-0.2, 0) is 14.3 Å². The number of benzene rings is 1. The van der Waals surface area contributed by atoms with Crippen molar-refractivity contribution in [1.29, 1.82) is 0 Å². The van der Waals surface area contributed by atoms with Crippen molar-refractivity contribution in [2.75, 3.05) is 6.61 Å². The smallest absolute Gasteiger partial charge is 0.340 e. The van der Waals surface area contributed by atoms with Crippen LogP contribution in [0.4, 0.5) is 0 Å². The predicted octanol–water partition coefficient (Wildman–Crippen LogP) is 4.24. The zero-order chi connectivity index (χ0) is 22.4. The van der Waals surface area contributed by atoms with Crippen LogP contribution in [0.25, 0.3) is 0 Å². The zero-order valence-electron chi connectivity index (χ0n) is 17.3. The molecule has 1 N–H and O–H groups in total. The summed E-state index contributed by atoms with van der Waals surface area (Å²) in [6, 6.07) is 6.36. The number of nitrogens with one attached hydrogen (secondary N) is 1. The summed E-state index contributed by atoms with van der Waals surface area (Å²) in [6.07, 6.45) is -1.28. The molecule has 160 valence electrons. The Bertz CT molecular complexity index is 961. The second-order valence-electron chi connectivity index (χ2n) is 6.77. The molecule has 0 radical (unpaired) electrons. The number of ether oxygens (including phenoxy) is 2. The van der Waals surface area contributed by atoms with Crippen molar-refractivity contribution in [2.45, 2.75) is 46.6 Å². The predicted molar refractivity (Wildman–Crippen MR) is 111 cm³/mol. The van der Waals surface area contributed by atoms with E-state index in [2.05, 4.69) is 4.98 Å². The number of hydrogen-bond acceptors (Lipinski definition) is 6. The van der Waals surface area contributed by atoms with Crippen LogP contribution >= 0.6 is 11.6 Å². The standard InChI is InChI=1S/C22H24ClNO6/c1-5-29-22(28)19-12(2)20(24-13(19)3)21(27)14(4)30-18(26)11-10-17(25)15-6-8-16(23)9-7-15/h6-9,14,24H,5,10-11H2,1-4H3. The van der Waals surface area contributed by atoms with Crippen molar-refractivity contribution in [2.24, 2.45) is 0 Å². The fourth-order valence-corrected chi connectivity index (χ4v) is 3.14. The molecule has 0 saturated heterocycles. The molecule has 0 aliphatic carbocycles. The lowest BCUT2D eigenvalue weighted by Crippen LogP contribution is -2.25. The first-order chi connectivity index (χ1) is 14.1. The van der Waals surface area contributed by atoms with Gasteiger partial charge >= 0.3 is 11.9 Å². The van der Waals surface area contributed by atoms with E-state index in [9.17, 15) is 19.2 Å². The maximum Gasteiger partial charge on any atom is 0.340 e. The molecule has 0 saturated carbocycles. The Balaban J connectivity index is 1.97. The maximum absolute atomic E-state index is 12.7. The highest BCUT2D eigenvalue weighted by Crippen LogP contribution is 2.21. The highest BCUT2D eigenvalue weighted by atomic mass is 35.5. The number of esters is 2. The molecule has 1 aromatic heterocycles. The first kappa shape index (κ1) is 23.3. The molecule has 7 nitrogen and oxygen atoms in total. The molecule has 0 aliphatic heterocycles. The molecular formula is C22H24ClNO6. The SMILES string of the molecule is CCOC(=O)c1c(C)[nH]c(C(=O)C(C)OC(=O)CCC(=O)c2ccc(Cl)cc2)c1C. The summed E-state index contributed by atoms with van der Waals surface area (Å²) in [5.41, 5.74) is 1.87. The third kappa shape index (κ3) is 5.57. The van der Waals surface area contributed by atoms with Gasteiger partial charge in [0.1, 0.15) is 0 Å². The van der Waals surface area contributed by atoms with Gasteiger partial charge in [0.2, 0.25) is 5.78 Å². The zero-order valence-corrected chi connectivity index (χ0v) is 18.1. The van der Waals surface area contributed by atoms with Crippen LogP contribution in [0.1, 0.15) is 69.2 Å². The first-order valence-corrected chi connectivity index (χ1v) is 9.92. The monoisotopic (exact) mass is 433 g/mol. The van der Waals surface area contributed by atoms with Crippen molar-refractivity contribution in [3.8, 4) is 0 Å². The topological polar surface area (TPSA) is 103 Å². The van der Waals surface area contributed by atoms with Crippen LogP contribution in [0.3, 0.4) is 0 Å². The Labute approximate surface area is 179 Å². The quantitative estimate of drug-likeness (QED) is 0.468. The fourth-order valence-electron chi connectivity index (χ4n) is 3.01. The Hall–Kier alpha value is -2.93. The van der Waals surface area contributed by atoms with Crippen molar-refractivity contribution >= 4 is 35.1 Å². The largest absolute Gasteiger partial charge is 0.462 e. The van der Waals surface area contributed by atoms with E-state index in [-0.39, 0.29) is 30.9 Å². The molecular weight excluding hydrogens is 410 g/mol. The minimum atomic E-state index is -1.07. The number of halogens is 1. The normalized spacial score (nSPS) is 11.6. The van der Waals surface area contributed by atoms with E-state index in [1.807, 2.05) is 0 Å². The average Bonchev–Trinajstić information content (AvgIpc) is 3.00. The summed E-state index contributed by atoms with van der Waals surface area (Å²) in [6.45, 7) is 6.65. The molecule has 0 bridgehead atoms. The molecule has 30 heavy (non-hydrogen) atoms. The molecule has 1 unspecified atom stereocenters. The van der Waals surface area contributed by atoms with E-state index >= 15 is 0 Å². The van der Waals surface area contributed by atoms with Gasteiger partial charge in [-0.2, -0.15) is 0 Å². The van der Waals surface area contributed by atoms with E-state index in [4.69, 9.17) is 21.1 Å². The number of aryl methyl sites for hydroxylation is 1. The minimum Gasteiger partial charge on any atom is -0.462 e. The van der Waals surface area contributed by atoms with Gasteiger partial charge in [-0.25, -0.2) is 4.79 Å². The number of rotatable bonds is 9. The van der Waals surface area contributed by atoms with Crippen LogP contribution in [0.15, 0.2) is 24.3 Å². The second-order valence-corrected chi connectivity index (χ2v) is 7.21. The third-order valence-electron chi connectivity index (χ3n) is 4.56. The number of H-pyrrole nitrogens is 1. The maximum atomic E-state index is 12.7. The Morgan fingerprint density at radius 3 is 2.30 bits per heavy atom. The van der Waals surface area contributed by atoms with Gasteiger partial charge in [-0.05, 0) is 57.5 Å². The van der Waals surface area contributed by atoms with Gasteiger partial charge in [-0.1, -0.05) is 11.6 Å². The highest BCUT2D eigenvalue weighted by Gasteiger charge is 2.27. The number of carbonyl (C=O) groups excluding carboxylic acids is 4. The van der Waals surface area contributed by atoms with E-state index < -0.39 is 23.8 Å². The molecule has 2 aromatic rings. The lowest BCUT2D eigenvalue weighted by atomic mass is 10.1. The first-order valence-electron chi connectivity index (χ1n) is 9.54. The van der Waals surface area contributed by atoms with Gasteiger partial charge in [0.25, 0.3) is 0 Å². The van der Waals surface area contributed by atoms with Crippen LogP contribution in [0.5, 0.6) is 0 Å². The molecule has 2 rings (SSSR count). The number of aromatic amines is 1. The summed E-state index contributed by atoms with van der Waals surface area (Å²) in [5.74, 6) is -1.88. The number of carbonyl (C=O) groups is 4. The number of aromatic nitrogens is 1. The van der Waals surface area contributed by atoms with Gasteiger partial charge < -0.3 is 14.5 Å². The van der Waals surface area contributed by atoms with Crippen molar-refractivity contribution in [3.05, 3.63) is 57.4 Å². The molecule has 1 atom stereocenters. The van der Waals surface area contributed by atoms with Gasteiger partial charge in [-0.15, -0.1) is 0 Å². The lowest BCUT2D eigenvalue weighted by molar-refractivity contribution is -0.146. The number of Topliss-reactive ketones (excluding diaryl/α,β-unsaturated/α-hetero) is 2. The van der Waals surface area contributed by atoms with Crippen molar-refractivity contribution in [3.63, 3.8) is 0 Å². The molecule has 0 aliphatic rings. The molecule has 1 aromatic carbocycles. The van der Waals surface area contributed by atoms with Gasteiger partial charge in [0, 0.05) is 22.7 Å². The van der Waals surface area contributed by atoms with E-state index in [1.54, 1.807) is 45.0 Å². The van der Waals surface area contributed by atoms with Crippen LogP contribution in [0.2, 0.25) is 5.02 Å². The molecule has 0 amide bonds. The van der Waals surface area contributed by atoms with Gasteiger partial charge in [0.15, 0.2) is 11.9 Å². The van der Waals surface area contributed by atoms with Crippen LogP contribution in [0, 0.1) is 13.8 Å². The molecule has 0 spiro atoms. The van der Waals surface area contributed by atoms with E-state index in [1.165, 1.54) is 6.92 Å². The molecule has 8 heteroatoms. The van der Waals surface area contributed by atoms with Crippen LogP contribution in [-0.4, -0.2) is 41.2 Å². The molecule has 1 heterocycles. The van der Waals surface area contributed by atoms with E-state index in [0.29, 0.717) is 27.4 Å². The summed E-state index contributed by atoms with van der Waals surface area (Å²) >= 11 is 5.79. The third-order valence-corrected chi connectivity index (χ3v) is 4.82. The number of hydrogen-bond donors (Lipinski definition) is 1. The molecule has 0 fully saturated rings. The van der Waals surface area contributed by atoms with E-state index in [0.717, 1.165) is 0 Å². The highest BCUT2D eigenvalue weighted by molar-refractivity contribution is 6.30. The summed E-state index contributed by atoms with van der Waals surface area (Å²) in [4.78, 5) is 51.9. The van der Waals surface area contributed by atoms with Crippen molar-refractivity contribution in [1.82, 2.24) is 4.98 Å². The summed E-state index contributed by atoms with van der Waals surface area (Å²) in [5, 5.41) is 0.513. The minimum absolute atomic E-state index is 0.0466. The number of ketones is 2. The second kappa shape index (κ2) is 10.2. The Morgan fingerprint density at radius 1 is 1.07 bits per heavy atom. The van der Waals surface area contributed by atoms with Crippen molar-refractivity contribution < 1.29 is 28.7 Å². The fraction of sp³-hybridized carbons (Fsp3) is 0.364. The van der Waals surface area contributed by atoms with Crippen LogP contribution < -0.4 is 0 Å². The lowest BCUT2D eigenvalue weighted by Gasteiger charge is -2.12. The Morgan fingerprint density at radius 2 is 1.70 bits per heavy atom.